The van der Waals surface area contributed by atoms with Gasteiger partial charge in [0.15, 0.2) is 0 Å². The van der Waals surface area contributed by atoms with Gasteiger partial charge in [-0.25, -0.2) is 0 Å². The molecule has 1 unspecified atom stereocenters. The Kier molecular flexibility index (Phi) is 3.64. The summed E-state index contributed by atoms with van der Waals surface area (Å²) in [5.41, 5.74) is 12.4. The number of azide groups is 1. The number of pyridine rings is 1. The van der Waals surface area contributed by atoms with Crippen LogP contribution in [-0.4, -0.2) is 11.0 Å². The van der Waals surface area contributed by atoms with Crippen LogP contribution in [0.5, 0.6) is 0 Å². The summed E-state index contributed by atoms with van der Waals surface area (Å²) in [5.74, 6) is 0.640. The smallest absolute Gasteiger partial charge is 0.0438 e. The minimum Gasteiger partial charge on any atom is -0.261 e. The molecule has 0 aliphatic heterocycles. The van der Waals surface area contributed by atoms with Gasteiger partial charge in [-0.05, 0) is 54.3 Å². The highest BCUT2D eigenvalue weighted by atomic mass is 15.1. The maximum atomic E-state index is 8.52. The molecule has 1 atom stereocenters. The van der Waals surface area contributed by atoms with Crippen molar-refractivity contribution in [3.8, 4) is 0 Å². The molecule has 0 fully saturated rings. The van der Waals surface area contributed by atoms with Gasteiger partial charge in [0.2, 0.25) is 0 Å². The maximum Gasteiger partial charge on any atom is 0.0438 e. The fraction of sp³-hybridized carbons (Fsp3) is 0.615. The van der Waals surface area contributed by atoms with Gasteiger partial charge in [-0.2, -0.15) is 0 Å². The molecule has 1 aromatic rings. The highest BCUT2D eigenvalue weighted by Crippen LogP contribution is 2.26. The average molecular weight is 230 g/mol. The Balaban J connectivity index is 2.29. The summed E-state index contributed by atoms with van der Waals surface area (Å²) in [5, 5.41) is 3.86. The maximum absolute atomic E-state index is 8.52. The first-order valence-corrected chi connectivity index (χ1v) is 6.20. The zero-order valence-corrected chi connectivity index (χ0v) is 10.4. The molecule has 0 amide bonds. The summed E-state index contributed by atoms with van der Waals surface area (Å²) < 4.78 is 0. The van der Waals surface area contributed by atoms with Crippen LogP contribution in [0, 0.1) is 5.92 Å². The Labute approximate surface area is 102 Å². The standard InChI is InChI=1S/C13H18N4/c1-9(2)7-10-5-6-15-13-4-3-11(16-17-14)8-12(10)13/h5-6,9,11H,3-4,7-8H2,1-2H3. The third-order valence-electron chi connectivity index (χ3n) is 3.24. The molecular formula is C13H18N4. The number of nitrogens with zero attached hydrogens (tertiary/aromatic N) is 4. The topological polar surface area (TPSA) is 61.7 Å². The van der Waals surface area contributed by atoms with Crippen LogP contribution < -0.4 is 0 Å². The van der Waals surface area contributed by atoms with Gasteiger partial charge in [0.1, 0.15) is 0 Å². The number of rotatable bonds is 3. The zero-order chi connectivity index (χ0) is 12.3. The summed E-state index contributed by atoms with van der Waals surface area (Å²) in [6.07, 6.45) is 5.70. The van der Waals surface area contributed by atoms with E-state index in [1.165, 1.54) is 16.8 Å². The number of fused-ring (bicyclic) bond motifs is 1. The van der Waals surface area contributed by atoms with Crippen molar-refractivity contribution in [2.75, 3.05) is 0 Å². The highest BCUT2D eigenvalue weighted by Gasteiger charge is 2.21. The SMILES string of the molecule is CC(C)Cc1ccnc2c1CC(N=[N+]=[N-])CC2. The Morgan fingerprint density at radius 2 is 2.41 bits per heavy atom. The number of hydrogen-bond acceptors (Lipinski definition) is 2. The van der Waals surface area contributed by atoms with Crippen LogP contribution in [0.15, 0.2) is 17.4 Å². The van der Waals surface area contributed by atoms with Gasteiger partial charge >= 0.3 is 0 Å². The second-order valence-corrected chi connectivity index (χ2v) is 5.09. The van der Waals surface area contributed by atoms with Crippen molar-refractivity contribution in [2.24, 2.45) is 11.0 Å². The fourth-order valence-electron chi connectivity index (χ4n) is 2.49. The van der Waals surface area contributed by atoms with E-state index in [9.17, 15) is 0 Å². The lowest BCUT2D eigenvalue weighted by atomic mass is 9.87. The van der Waals surface area contributed by atoms with Crippen LogP contribution in [-0.2, 0) is 19.3 Å². The highest BCUT2D eigenvalue weighted by molar-refractivity contribution is 5.33. The van der Waals surface area contributed by atoms with Gasteiger partial charge in [0.05, 0.1) is 0 Å². The van der Waals surface area contributed by atoms with Crippen molar-refractivity contribution < 1.29 is 0 Å². The lowest BCUT2D eigenvalue weighted by Gasteiger charge is -2.23. The lowest BCUT2D eigenvalue weighted by molar-refractivity contribution is 0.552. The van der Waals surface area contributed by atoms with Crippen molar-refractivity contribution in [3.05, 3.63) is 39.5 Å². The third-order valence-corrected chi connectivity index (χ3v) is 3.24. The van der Waals surface area contributed by atoms with Crippen LogP contribution in [0.3, 0.4) is 0 Å². The lowest BCUT2D eigenvalue weighted by Crippen LogP contribution is -2.20. The monoisotopic (exact) mass is 230 g/mol. The molecule has 1 heterocycles. The molecular weight excluding hydrogens is 212 g/mol. The molecule has 1 aliphatic rings. The molecule has 0 saturated heterocycles. The normalized spacial score (nSPS) is 18.6. The molecule has 0 aromatic carbocycles. The molecule has 0 radical (unpaired) electrons. The second kappa shape index (κ2) is 5.19. The summed E-state index contributed by atoms with van der Waals surface area (Å²) in [4.78, 5) is 7.37. The Hall–Kier alpha value is -1.54. The molecule has 0 N–H and O–H groups in total. The molecule has 1 aliphatic carbocycles. The predicted octanol–water partition coefficient (Wildman–Crippen LogP) is 3.45. The molecule has 17 heavy (non-hydrogen) atoms. The van der Waals surface area contributed by atoms with Gasteiger partial charge in [0.25, 0.3) is 0 Å². The van der Waals surface area contributed by atoms with Crippen molar-refractivity contribution >= 4 is 0 Å². The first kappa shape index (κ1) is 11.9. The van der Waals surface area contributed by atoms with Gasteiger partial charge in [-0.1, -0.05) is 19.0 Å². The van der Waals surface area contributed by atoms with Crippen molar-refractivity contribution in [1.29, 1.82) is 0 Å². The molecule has 90 valence electrons. The fourth-order valence-corrected chi connectivity index (χ4v) is 2.49. The van der Waals surface area contributed by atoms with Crippen LogP contribution in [0.25, 0.3) is 10.4 Å². The molecule has 0 bridgehead atoms. The molecule has 1 aromatic heterocycles. The Morgan fingerprint density at radius 3 is 3.12 bits per heavy atom. The van der Waals surface area contributed by atoms with E-state index in [4.69, 9.17) is 5.53 Å². The van der Waals surface area contributed by atoms with E-state index < -0.39 is 0 Å². The number of aromatic nitrogens is 1. The van der Waals surface area contributed by atoms with E-state index >= 15 is 0 Å². The first-order valence-electron chi connectivity index (χ1n) is 6.20. The first-order chi connectivity index (χ1) is 8.20. The van der Waals surface area contributed by atoms with E-state index in [1.807, 2.05) is 6.20 Å². The zero-order valence-electron chi connectivity index (χ0n) is 10.4. The minimum atomic E-state index is 0.114. The Bertz CT molecular complexity index is 447. The van der Waals surface area contributed by atoms with Crippen LogP contribution >= 0.6 is 0 Å². The van der Waals surface area contributed by atoms with E-state index in [1.54, 1.807) is 0 Å². The van der Waals surface area contributed by atoms with Gasteiger partial charge in [-0.3, -0.25) is 4.98 Å². The van der Waals surface area contributed by atoms with Crippen LogP contribution in [0.1, 0.15) is 37.1 Å². The van der Waals surface area contributed by atoms with E-state index in [0.29, 0.717) is 5.92 Å². The van der Waals surface area contributed by atoms with E-state index in [0.717, 1.165) is 25.7 Å². The van der Waals surface area contributed by atoms with Crippen LogP contribution in [0.4, 0.5) is 0 Å². The molecule has 2 rings (SSSR count). The van der Waals surface area contributed by atoms with Gasteiger partial charge in [-0.15, -0.1) is 0 Å². The van der Waals surface area contributed by atoms with Gasteiger partial charge < -0.3 is 0 Å². The predicted molar refractivity (Wildman–Crippen MR) is 67.7 cm³/mol. The molecule has 4 heteroatoms. The minimum absolute atomic E-state index is 0.114. The van der Waals surface area contributed by atoms with E-state index in [-0.39, 0.29) is 6.04 Å². The largest absolute Gasteiger partial charge is 0.261 e. The summed E-state index contributed by atoms with van der Waals surface area (Å²) in [7, 11) is 0. The van der Waals surface area contributed by atoms with Crippen molar-refractivity contribution in [3.63, 3.8) is 0 Å². The number of hydrogen-bond donors (Lipinski definition) is 0. The number of aryl methyl sites for hydroxylation is 1. The summed E-state index contributed by atoms with van der Waals surface area (Å²) in [6, 6.07) is 2.22. The molecule has 0 saturated carbocycles. The average Bonchev–Trinajstić information content (AvgIpc) is 2.29. The molecule has 0 spiro atoms. The second-order valence-electron chi connectivity index (χ2n) is 5.09. The van der Waals surface area contributed by atoms with Crippen molar-refractivity contribution in [1.82, 2.24) is 4.98 Å². The summed E-state index contributed by atoms with van der Waals surface area (Å²) >= 11 is 0. The van der Waals surface area contributed by atoms with E-state index in [2.05, 4.69) is 34.9 Å². The summed E-state index contributed by atoms with van der Waals surface area (Å²) in [6.45, 7) is 4.45. The third kappa shape index (κ3) is 2.77. The van der Waals surface area contributed by atoms with Crippen LogP contribution in [0.2, 0.25) is 0 Å². The molecule has 4 nitrogen and oxygen atoms in total. The Morgan fingerprint density at radius 1 is 1.59 bits per heavy atom. The van der Waals surface area contributed by atoms with Crippen molar-refractivity contribution in [2.45, 2.75) is 45.6 Å². The van der Waals surface area contributed by atoms with Gasteiger partial charge in [0, 0.05) is 22.8 Å². The quantitative estimate of drug-likeness (QED) is 0.445.